The van der Waals surface area contributed by atoms with Crippen molar-refractivity contribution in [3.05, 3.63) is 54.1 Å². The molecule has 0 unspecified atom stereocenters. The van der Waals surface area contributed by atoms with Gasteiger partial charge in [0.15, 0.2) is 0 Å². The fourth-order valence-electron chi connectivity index (χ4n) is 3.09. The average molecular weight is 368 g/mol. The van der Waals surface area contributed by atoms with E-state index >= 15 is 0 Å². The molecule has 1 amide bonds. The SMILES string of the molecule is COC(=O)c1ccc(NC(=O)CNc2ccccc2OC2CCCC2)cc1. The Morgan fingerprint density at radius 1 is 1.04 bits per heavy atom. The molecule has 2 aromatic carbocycles. The highest BCUT2D eigenvalue weighted by atomic mass is 16.5. The van der Waals surface area contributed by atoms with E-state index in [0.29, 0.717) is 11.3 Å². The zero-order chi connectivity index (χ0) is 19.1. The van der Waals surface area contributed by atoms with Gasteiger partial charge in [-0.3, -0.25) is 4.79 Å². The Kier molecular flexibility index (Phi) is 6.30. The van der Waals surface area contributed by atoms with E-state index in [1.54, 1.807) is 24.3 Å². The highest BCUT2D eigenvalue weighted by Gasteiger charge is 2.18. The molecular formula is C21H24N2O4. The fraction of sp³-hybridized carbons (Fsp3) is 0.333. The molecule has 0 bridgehead atoms. The second-order valence-corrected chi connectivity index (χ2v) is 6.49. The molecule has 27 heavy (non-hydrogen) atoms. The van der Waals surface area contributed by atoms with Crippen molar-refractivity contribution >= 4 is 23.3 Å². The Morgan fingerprint density at radius 2 is 1.74 bits per heavy atom. The highest BCUT2D eigenvalue weighted by molar-refractivity contribution is 5.95. The van der Waals surface area contributed by atoms with Gasteiger partial charge in [0.05, 0.1) is 31.0 Å². The van der Waals surface area contributed by atoms with Crippen LogP contribution in [0.3, 0.4) is 0 Å². The van der Waals surface area contributed by atoms with Crippen LogP contribution in [0.1, 0.15) is 36.0 Å². The zero-order valence-corrected chi connectivity index (χ0v) is 15.4. The fourth-order valence-corrected chi connectivity index (χ4v) is 3.09. The number of carbonyl (C=O) groups excluding carboxylic acids is 2. The normalized spacial score (nSPS) is 13.8. The van der Waals surface area contributed by atoms with Crippen LogP contribution in [0.25, 0.3) is 0 Å². The van der Waals surface area contributed by atoms with Crippen molar-refractivity contribution in [2.75, 3.05) is 24.3 Å². The van der Waals surface area contributed by atoms with Crippen molar-refractivity contribution in [1.29, 1.82) is 0 Å². The summed E-state index contributed by atoms with van der Waals surface area (Å²) < 4.78 is 10.7. The molecule has 0 spiro atoms. The Balaban J connectivity index is 1.54. The number of nitrogens with one attached hydrogen (secondary N) is 2. The maximum Gasteiger partial charge on any atom is 0.337 e. The topological polar surface area (TPSA) is 76.7 Å². The van der Waals surface area contributed by atoms with Gasteiger partial charge in [0.2, 0.25) is 5.91 Å². The summed E-state index contributed by atoms with van der Waals surface area (Å²) in [6, 6.07) is 14.2. The second-order valence-electron chi connectivity index (χ2n) is 6.49. The number of hydrogen-bond donors (Lipinski definition) is 2. The van der Waals surface area contributed by atoms with E-state index < -0.39 is 5.97 Å². The lowest BCUT2D eigenvalue weighted by Crippen LogP contribution is -2.22. The number of ether oxygens (including phenoxy) is 2. The monoisotopic (exact) mass is 368 g/mol. The maximum absolute atomic E-state index is 12.2. The number of rotatable bonds is 7. The Morgan fingerprint density at radius 3 is 2.44 bits per heavy atom. The van der Waals surface area contributed by atoms with Crippen LogP contribution in [0.5, 0.6) is 5.75 Å². The van der Waals surface area contributed by atoms with E-state index in [0.717, 1.165) is 24.3 Å². The Bertz CT molecular complexity index is 783. The minimum Gasteiger partial charge on any atom is -0.488 e. The van der Waals surface area contributed by atoms with Crippen molar-refractivity contribution in [1.82, 2.24) is 0 Å². The summed E-state index contributed by atoms with van der Waals surface area (Å²) in [5, 5.41) is 5.93. The second kappa shape index (κ2) is 9.07. The Labute approximate surface area is 158 Å². The van der Waals surface area contributed by atoms with Crippen molar-refractivity contribution in [3.8, 4) is 5.75 Å². The molecular weight excluding hydrogens is 344 g/mol. The summed E-state index contributed by atoms with van der Waals surface area (Å²) in [6.45, 7) is 0.115. The summed E-state index contributed by atoms with van der Waals surface area (Å²) in [7, 11) is 1.33. The van der Waals surface area contributed by atoms with Crippen LogP contribution >= 0.6 is 0 Å². The predicted molar refractivity (Wildman–Crippen MR) is 104 cm³/mol. The van der Waals surface area contributed by atoms with Gasteiger partial charge in [0.25, 0.3) is 0 Å². The minimum atomic E-state index is -0.409. The third-order valence-electron chi connectivity index (χ3n) is 4.51. The lowest BCUT2D eigenvalue weighted by molar-refractivity contribution is -0.114. The van der Waals surface area contributed by atoms with Gasteiger partial charge >= 0.3 is 5.97 Å². The quantitative estimate of drug-likeness (QED) is 0.726. The Hall–Kier alpha value is -3.02. The third-order valence-corrected chi connectivity index (χ3v) is 4.51. The lowest BCUT2D eigenvalue weighted by atomic mass is 10.2. The van der Waals surface area contributed by atoms with Gasteiger partial charge in [-0.05, 0) is 62.1 Å². The molecule has 2 N–H and O–H groups in total. The van der Waals surface area contributed by atoms with Crippen molar-refractivity contribution < 1.29 is 19.1 Å². The van der Waals surface area contributed by atoms with Crippen molar-refractivity contribution in [2.24, 2.45) is 0 Å². The van der Waals surface area contributed by atoms with E-state index in [-0.39, 0.29) is 18.6 Å². The number of carbonyl (C=O) groups is 2. The van der Waals surface area contributed by atoms with Crippen LogP contribution in [0, 0.1) is 0 Å². The molecule has 0 atom stereocenters. The minimum absolute atomic E-state index is 0.115. The molecule has 1 aliphatic rings. The van der Waals surface area contributed by atoms with E-state index in [1.165, 1.54) is 20.0 Å². The summed E-state index contributed by atoms with van der Waals surface area (Å²) in [6.07, 6.45) is 4.83. The summed E-state index contributed by atoms with van der Waals surface area (Å²) in [5.41, 5.74) is 1.86. The molecule has 0 saturated heterocycles. The van der Waals surface area contributed by atoms with Gasteiger partial charge in [-0.15, -0.1) is 0 Å². The molecule has 0 aliphatic heterocycles. The molecule has 1 aliphatic carbocycles. The van der Waals surface area contributed by atoms with E-state index in [1.807, 2.05) is 24.3 Å². The van der Waals surface area contributed by atoms with Crippen LogP contribution in [-0.2, 0) is 9.53 Å². The van der Waals surface area contributed by atoms with E-state index in [9.17, 15) is 9.59 Å². The molecule has 6 heteroatoms. The summed E-state index contributed by atoms with van der Waals surface area (Å²) in [5.74, 6) is 0.185. The number of para-hydroxylation sites is 2. The summed E-state index contributed by atoms with van der Waals surface area (Å²) in [4.78, 5) is 23.6. The zero-order valence-electron chi connectivity index (χ0n) is 15.4. The number of esters is 1. The molecule has 0 heterocycles. The van der Waals surface area contributed by atoms with Crippen molar-refractivity contribution in [2.45, 2.75) is 31.8 Å². The molecule has 6 nitrogen and oxygen atoms in total. The molecule has 0 aromatic heterocycles. The number of methoxy groups -OCH3 is 1. The summed E-state index contributed by atoms with van der Waals surface area (Å²) >= 11 is 0. The molecule has 1 fully saturated rings. The van der Waals surface area contributed by atoms with Crippen LogP contribution in [0.15, 0.2) is 48.5 Å². The van der Waals surface area contributed by atoms with Crippen LogP contribution in [0.2, 0.25) is 0 Å². The van der Waals surface area contributed by atoms with E-state index in [4.69, 9.17) is 4.74 Å². The predicted octanol–water partition coefficient (Wildman–Crippen LogP) is 3.85. The van der Waals surface area contributed by atoms with E-state index in [2.05, 4.69) is 15.4 Å². The first kappa shape index (κ1) is 18.8. The van der Waals surface area contributed by atoms with Gasteiger partial charge in [-0.1, -0.05) is 12.1 Å². The molecule has 0 radical (unpaired) electrons. The third kappa shape index (κ3) is 5.23. The molecule has 2 aromatic rings. The number of anilines is 2. The first-order valence-corrected chi connectivity index (χ1v) is 9.13. The van der Waals surface area contributed by atoms with Gasteiger partial charge in [0, 0.05) is 5.69 Å². The molecule has 142 valence electrons. The number of benzene rings is 2. The first-order valence-electron chi connectivity index (χ1n) is 9.13. The number of hydrogen-bond acceptors (Lipinski definition) is 5. The largest absolute Gasteiger partial charge is 0.488 e. The number of amides is 1. The lowest BCUT2D eigenvalue weighted by Gasteiger charge is -2.17. The average Bonchev–Trinajstić information content (AvgIpc) is 3.20. The molecule has 1 saturated carbocycles. The smallest absolute Gasteiger partial charge is 0.337 e. The first-order chi connectivity index (χ1) is 13.2. The van der Waals surface area contributed by atoms with Gasteiger partial charge in [-0.2, -0.15) is 0 Å². The van der Waals surface area contributed by atoms with Gasteiger partial charge in [0.1, 0.15) is 5.75 Å². The van der Waals surface area contributed by atoms with Crippen LogP contribution in [-0.4, -0.2) is 31.6 Å². The highest BCUT2D eigenvalue weighted by Crippen LogP contribution is 2.29. The van der Waals surface area contributed by atoms with Gasteiger partial charge < -0.3 is 20.1 Å². The van der Waals surface area contributed by atoms with Gasteiger partial charge in [-0.25, -0.2) is 4.79 Å². The van der Waals surface area contributed by atoms with Crippen LogP contribution in [0.4, 0.5) is 11.4 Å². The standard InChI is InChI=1S/C21H24N2O4/c1-26-21(25)15-10-12-16(13-11-15)23-20(24)14-22-18-8-4-5-9-19(18)27-17-6-2-3-7-17/h4-5,8-13,17,22H,2-3,6-7,14H2,1H3,(H,23,24). The van der Waals surface area contributed by atoms with Crippen LogP contribution < -0.4 is 15.4 Å². The molecule has 3 rings (SSSR count). The maximum atomic E-state index is 12.2. The van der Waals surface area contributed by atoms with Crippen molar-refractivity contribution in [3.63, 3.8) is 0 Å².